The van der Waals surface area contributed by atoms with Crippen molar-refractivity contribution in [3.63, 3.8) is 0 Å². The number of rotatable bonds is 8. The van der Waals surface area contributed by atoms with Crippen LogP contribution in [0, 0.1) is 5.92 Å². The summed E-state index contributed by atoms with van der Waals surface area (Å²) in [6.45, 7) is 9.37. The van der Waals surface area contributed by atoms with Crippen LogP contribution < -0.4 is 0 Å². The van der Waals surface area contributed by atoms with Gasteiger partial charge in [0.05, 0.1) is 5.56 Å². The topological polar surface area (TPSA) is 40.5 Å². The fourth-order valence-electron chi connectivity index (χ4n) is 2.87. The monoisotopic (exact) mass is 325 g/mol. The summed E-state index contributed by atoms with van der Waals surface area (Å²) in [6, 6.07) is 15.6. The molecule has 3 nitrogen and oxygen atoms in total. The third-order valence-corrected chi connectivity index (χ3v) is 4.54. The molecule has 2 aromatic rings. The lowest BCUT2D eigenvalue weighted by molar-refractivity contribution is 0.0696. The number of benzene rings is 2. The first-order valence-electron chi connectivity index (χ1n) is 8.69. The number of hydrogen-bond donors (Lipinski definition) is 1. The van der Waals surface area contributed by atoms with E-state index in [2.05, 4.69) is 37.8 Å². The van der Waals surface area contributed by atoms with Crippen LogP contribution in [0.2, 0.25) is 0 Å². The Labute approximate surface area is 144 Å². The summed E-state index contributed by atoms with van der Waals surface area (Å²) in [7, 11) is 0. The van der Waals surface area contributed by atoms with E-state index in [0.717, 1.165) is 42.7 Å². The van der Waals surface area contributed by atoms with E-state index in [9.17, 15) is 9.90 Å². The molecule has 0 aromatic heterocycles. The van der Waals surface area contributed by atoms with E-state index >= 15 is 0 Å². The lowest BCUT2D eigenvalue weighted by Gasteiger charge is -2.25. The van der Waals surface area contributed by atoms with E-state index in [4.69, 9.17) is 0 Å². The number of nitrogens with zero attached hydrogens (tertiary/aromatic N) is 1. The van der Waals surface area contributed by atoms with Gasteiger partial charge in [-0.1, -0.05) is 63.6 Å². The summed E-state index contributed by atoms with van der Waals surface area (Å²) in [6.07, 6.45) is 1.15. The van der Waals surface area contributed by atoms with Crippen LogP contribution >= 0.6 is 0 Å². The molecule has 0 aliphatic carbocycles. The van der Waals surface area contributed by atoms with E-state index in [1.54, 1.807) is 6.07 Å². The normalized spacial score (nSPS) is 12.3. The molecule has 2 aromatic carbocycles. The summed E-state index contributed by atoms with van der Waals surface area (Å²) in [4.78, 5) is 13.8. The largest absolute Gasteiger partial charge is 0.478 e. The van der Waals surface area contributed by atoms with Crippen LogP contribution in [-0.4, -0.2) is 29.1 Å². The molecule has 0 saturated heterocycles. The Morgan fingerprint density at radius 3 is 2.42 bits per heavy atom. The molecule has 0 amide bonds. The number of hydrogen-bond acceptors (Lipinski definition) is 2. The van der Waals surface area contributed by atoms with Crippen molar-refractivity contribution in [3.8, 4) is 11.1 Å². The zero-order chi connectivity index (χ0) is 17.5. The lowest BCUT2D eigenvalue weighted by atomic mass is 9.96. The highest BCUT2D eigenvalue weighted by Gasteiger charge is 2.14. The maximum absolute atomic E-state index is 11.4. The Hall–Kier alpha value is -2.13. The molecule has 0 aliphatic rings. The van der Waals surface area contributed by atoms with Gasteiger partial charge in [0, 0.05) is 13.1 Å². The molecule has 1 N–H and O–H groups in total. The van der Waals surface area contributed by atoms with Crippen LogP contribution in [0.4, 0.5) is 0 Å². The summed E-state index contributed by atoms with van der Waals surface area (Å²) in [5.41, 5.74) is 3.67. The highest BCUT2D eigenvalue weighted by atomic mass is 16.4. The molecule has 0 heterocycles. The van der Waals surface area contributed by atoms with Crippen molar-refractivity contribution in [3.05, 3.63) is 59.7 Å². The molecule has 24 heavy (non-hydrogen) atoms. The van der Waals surface area contributed by atoms with Gasteiger partial charge in [0.2, 0.25) is 0 Å². The molecular formula is C21H27NO2. The van der Waals surface area contributed by atoms with Crippen molar-refractivity contribution in [1.29, 1.82) is 0 Å². The Bertz CT molecular complexity index is 667. The van der Waals surface area contributed by atoms with Gasteiger partial charge in [-0.25, -0.2) is 4.79 Å². The fraction of sp³-hybridized carbons (Fsp3) is 0.381. The third kappa shape index (κ3) is 4.68. The molecule has 0 saturated carbocycles. The first kappa shape index (κ1) is 18.2. The Morgan fingerprint density at radius 2 is 1.83 bits per heavy atom. The second kappa shape index (κ2) is 8.65. The molecule has 0 fully saturated rings. The van der Waals surface area contributed by atoms with Gasteiger partial charge in [0.15, 0.2) is 0 Å². The molecule has 0 bridgehead atoms. The summed E-state index contributed by atoms with van der Waals surface area (Å²) < 4.78 is 0. The van der Waals surface area contributed by atoms with Crippen LogP contribution in [0.15, 0.2) is 48.5 Å². The maximum Gasteiger partial charge on any atom is 0.335 e. The predicted octanol–water partition coefficient (Wildman–Crippen LogP) is 4.92. The first-order valence-corrected chi connectivity index (χ1v) is 8.69. The quantitative estimate of drug-likeness (QED) is 0.749. The molecular weight excluding hydrogens is 298 g/mol. The molecule has 3 heteroatoms. The number of carboxylic acids is 1. The summed E-state index contributed by atoms with van der Waals surface area (Å²) >= 11 is 0. The van der Waals surface area contributed by atoms with Crippen LogP contribution in [0.3, 0.4) is 0 Å². The molecule has 128 valence electrons. The predicted molar refractivity (Wildman–Crippen MR) is 99.2 cm³/mol. The van der Waals surface area contributed by atoms with Crippen LogP contribution in [0.1, 0.15) is 43.1 Å². The van der Waals surface area contributed by atoms with E-state index in [1.165, 1.54) is 0 Å². The van der Waals surface area contributed by atoms with Crippen molar-refractivity contribution < 1.29 is 9.90 Å². The average molecular weight is 325 g/mol. The van der Waals surface area contributed by atoms with Gasteiger partial charge in [-0.05, 0) is 41.3 Å². The molecule has 0 radical (unpaired) electrons. The second-order valence-corrected chi connectivity index (χ2v) is 6.38. The highest BCUT2D eigenvalue weighted by Crippen LogP contribution is 2.26. The minimum atomic E-state index is -0.874. The van der Waals surface area contributed by atoms with E-state index in [-0.39, 0.29) is 0 Å². The molecule has 1 atom stereocenters. The van der Waals surface area contributed by atoms with Crippen molar-refractivity contribution in [1.82, 2.24) is 4.90 Å². The summed E-state index contributed by atoms with van der Waals surface area (Å²) in [5.74, 6) is -0.242. The van der Waals surface area contributed by atoms with Crippen molar-refractivity contribution >= 4 is 5.97 Å². The minimum absolute atomic E-state index is 0.351. The second-order valence-electron chi connectivity index (χ2n) is 6.38. The number of aromatic carboxylic acids is 1. The third-order valence-electron chi connectivity index (χ3n) is 4.54. The standard InChI is InChI=1S/C21H27NO2/c1-4-16(3)14-22(5-2)15-19-13-18(21(23)24)11-12-20(19)17-9-7-6-8-10-17/h6-13,16H,4-5,14-15H2,1-3H3,(H,23,24). The van der Waals surface area contributed by atoms with Gasteiger partial charge in [-0.2, -0.15) is 0 Å². The lowest BCUT2D eigenvalue weighted by Crippen LogP contribution is -2.28. The van der Waals surface area contributed by atoms with Crippen LogP contribution in [0.5, 0.6) is 0 Å². The number of carbonyl (C=O) groups is 1. The van der Waals surface area contributed by atoms with Gasteiger partial charge >= 0.3 is 5.97 Å². The van der Waals surface area contributed by atoms with Crippen LogP contribution in [-0.2, 0) is 6.54 Å². The van der Waals surface area contributed by atoms with E-state index in [0.29, 0.717) is 11.5 Å². The van der Waals surface area contributed by atoms with Crippen LogP contribution in [0.25, 0.3) is 11.1 Å². The van der Waals surface area contributed by atoms with E-state index in [1.807, 2.05) is 30.3 Å². The Kier molecular flexibility index (Phi) is 6.56. The Balaban J connectivity index is 2.37. The van der Waals surface area contributed by atoms with Crippen molar-refractivity contribution in [2.75, 3.05) is 13.1 Å². The molecule has 0 spiro atoms. The first-order chi connectivity index (χ1) is 11.5. The zero-order valence-corrected chi connectivity index (χ0v) is 14.8. The molecule has 2 rings (SSSR count). The van der Waals surface area contributed by atoms with Crippen molar-refractivity contribution in [2.24, 2.45) is 5.92 Å². The highest BCUT2D eigenvalue weighted by molar-refractivity contribution is 5.89. The van der Waals surface area contributed by atoms with Gasteiger partial charge in [0.1, 0.15) is 0 Å². The van der Waals surface area contributed by atoms with Crippen molar-refractivity contribution in [2.45, 2.75) is 33.7 Å². The number of carboxylic acid groups (broad SMARTS) is 1. The Morgan fingerprint density at radius 1 is 1.12 bits per heavy atom. The molecule has 1 unspecified atom stereocenters. The maximum atomic E-state index is 11.4. The fourth-order valence-corrected chi connectivity index (χ4v) is 2.87. The van der Waals surface area contributed by atoms with Gasteiger partial charge in [0.25, 0.3) is 0 Å². The zero-order valence-electron chi connectivity index (χ0n) is 14.8. The molecule has 0 aliphatic heterocycles. The van der Waals surface area contributed by atoms with Gasteiger partial charge < -0.3 is 5.11 Å². The SMILES string of the molecule is CCC(C)CN(CC)Cc1cc(C(=O)O)ccc1-c1ccccc1. The smallest absolute Gasteiger partial charge is 0.335 e. The van der Waals surface area contributed by atoms with E-state index < -0.39 is 5.97 Å². The van der Waals surface area contributed by atoms with Gasteiger partial charge in [-0.15, -0.1) is 0 Å². The minimum Gasteiger partial charge on any atom is -0.478 e. The average Bonchev–Trinajstić information content (AvgIpc) is 2.61. The summed E-state index contributed by atoms with van der Waals surface area (Å²) in [5, 5.41) is 9.33. The van der Waals surface area contributed by atoms with Gasteiger partial charge in [-0.3, -0.25) is 4.90 Å².